The molecule has 0 spiro atoms. The van der Waals surface area contributed by atoms with E-state index in [0.29, 0.717) is 16.7 Å². The number of nitrogens with two attached hydrogens (primary N) is 1. The molecule has 4 rings (SSSR count). The number of carbonyl (C=O) groups is 2. The van der Waals surface area contributed by atoms with Gasteiger partial charge in [-0.2, -0.15) is 0 Å². The van der Waals surface area contributed by atoms with Crippen LogP contribution in [0.25, 0.3) is 16.5 Å². The van der Waals surface area contributed by atoms with Gasteiger partial charge < -0.3 is 5.84 Å². The van der Waals surface area contributed by atoms with E-state index in [-0.39, 0.29) is 11.6 Å². The van der Waals surface area contributed by atoms with E-state index in [1.807, 2.05) is 24.4 Å². The van der Waals surface area contributed by atoms with Gasteiger partial charge in [0.2, 0.25) is 0 Å². The Morgan fingerprint density at radius 1 is 1.00 bits per heavy atom. The molecule has 33 heavy (non-hydrogen) atoms. The van der Waals surface area contributed by atoms with Gasteiger partial charge in [-0.3, -0.25) is 19.2 Å². The molecular weight excluding hydrogens is 410 g/mol. The number of ketones is 2. The fourth-order valence-electron chi connectivity index (χ4n) is 4.62. The third-order valence-corrected chi connectivity index (χ3v) is 6.59. The van der Waals surface area contributed by atoms with Crippen molar-refractivity contribution in [2.45, 2.75) is 46.0 Å². The highest BCUT2D eigenvalue weighted by atomic mass is 16.1. The third kappa shape index (κ3) is 5.09. The van der Waals surface area contributed by atoms with Gasteiger partial charge in [-0.05, 0) is 56.1 Å². The van der Waals surface area contributed by atoms with E-state index in [2.05, 4.69) is 17.9 Å². The van der Waals surface area contributed by atoms with Crippen molar-refractivity contribution in [1.82, 2.24) is 9.58 Å². The fraction of sp³-hybridized carbons (Fsp3) is 0.357. The van der Waals surface area contributed by atoms with Gasteiger partial charge in [-0.25, -0.2) is 0 Å². The average Bonchev–Trinajstić information content (AvgIpc) is 3.17. The number of fused-ring (bicyclic) bond motifs is 1. The van der Waals surface area contributed by atoms with Crippen LogP contribution in [0.3, 0.4) is 0 Å². The highest BCUT2D eigenvalue weighted by Gasteiger charge is 2.19. The number of carbonyl (C=O) groups excluding carboxylic acids is 2. The molecule has 2 N–H and O–H groups in total. The molecule has 1 aliphatic rings. The van der Waals surface area contributed by atoms with Gasteiger partial charge in [-0.1, -0.05) is 50.5 Å². The monoisotopic (exact) mass is 443 g/mol. The summed E-state index contributed by atoms with van der Waals surface area (Å²) >= 11 is 0. The first-order valence-electron chi connectivity index (χ1n) is 12.0. The molecule has 3 aromatic rings. The van der Waals surface area contributed by atoms with E-state index in [4.69, 9.17) is 5.84 Å². The first-order valence-corrected chi connectivity index (χ1v) is 12.0. The lowest BCUT2D eigenvalue weighted by molar-refractivity contribution is 0.101. The first-order chi connectivity index (χ1) is 16.0. The Bertz CT molecular complexity index is 1210. The molecule has 5 heteroatoms. The number of Topliss-reactive ketones (excluding diaryl/α,β-unsaturated/α-hetero) is 1. The molecule has 1 aromatic heterocycles. The summed E-state index contributed by atoms with van der Waals surface area (Å²) in [5.41, 5.74) is 4.96. The molecule has 2 heterocycles. The van der Waals surface area contributed by atoms with Gasteiger partial charge in [0.25, 0.3) is 0 Å². The highest BCUT2D eigenvalue weighted by Crippen LogP contribution is 2.31. The van der Waals surface area contributed by atoms with Gasteiger partial charge in [0, 0.05) is 46.9 Å². The molecule has 5 nitrogen and oxygen atoms in total. The Balaban J connectivity index is 1.58. The number of rotatable bonds is 9. The lowest BCUT2D eigenvalue weighted by Gasteiger charge is -2.26. The van der Waals surface area contributed by atoms with E-state index >= 15 is 0 Å². The zero-order valence-corrected chi connectivity index (χ0v) is 19.6. The van der Waals surface area contributed by atoms with Crippen LogP contribution in [0.1, 0.15) is 77.8 Å². The Kier molecular flexibility index (Phi) is 7.09. The minimum Gasteiger partial charge on any atom is -0.339 e. The molecule has 172 valence electrons. The molecule has 1 aliphatic heterocycles. The lowest BCUT2D eigenvalue weighted by atomic mass is 9.95. The quantitative estimate of drug-likeness (QED) is 0.271. The smallest absolute Gasteiger partial charge is 0.193 e. The number of nitrogen functional groups attached to an aromatic ring is 1. The summed E-state index contributed by atoms with van der Waals surface area (Å²) in [6, 6.07) is 12.6. The molecular formula is C28H33N3O2. The standard InChI is InChI=1S/C28H33N3O2/c1-3-4-5-6-14-30-15-12-21(13-16-30)26-19-31(29)27-11-10-24(18-25(26)27)28(33)23-9-7-8-22(17-23)20(2)32/h7-12,17-19H,3-6,13-16,29H2,1-2H3. The van der Waals surface area contributed by atoms with Crippen LogP contribution in [0, 0.1) is 0 Å². The predicted molar refractivity (Wildman–Crippen MR) is 135 cm³/mol. The first kappa shape index (κ1) is 23.0. The summed E-state index contributed by atoms with van der Waals surface area (Å²) in [4.78, 5) is 27.4. The molecule has 0 unspecified atom stereocenters. The van der Waals surface area contributed by atoms with Crippen molar-refractivity contribution in [2.75, 3.05) is 25.5 Å². The second kappa shape index (κ2) is 10.2. The van der Waals surface area contributed by atoms with E-state index < -0.39 is 0 Å². The summed E-state index contributed by atoms with van der Waals surface area (Å²) in [6.45, 7) is 6.91. The number of aromatic nitrogens is 1. The molecule has 0 amide bonds. The normalized spacial score (nSPS) is 14.4. The molecule has 0 saturated carbocycles. The van der Waals surface area contributed by atoms with Gasteiger partial charge in [0.1, 0.15) is 0 Å². The number of benzene rings is 2. The summed E-state index contributed by atoms with van der Waals surface area (Å²) in [5, 5.41) is 0.994. The van der Waals surface area contributed by atoms with Crippen LogP contribution >= 0.6 is 0 Å². The summed E-state index contributed by atoms with van der Waals surface area (Å²) in [6.07, 6.45) is 10.4. The maximum Gasteiger partial charge on any atom is 0.193 e. The van der Waals surface area contributed by atoms with Crippen LogP contribution in [-0.2, 0) is 0 Å². The van der Waals surface area contributed by atoms with Crippen molar-refractivity contribution < 1.29 is 9.59 Å². The van der Waals surface area contributed by atoms with Gasteiger partial charge >= 0.3 is 0 Å². The molecule has 0 fully saturated rings. The molecule has 0 bridgehead atoms. The van der Waals surface area contributed by atoms with Crippen molar-refractivity contribution >= 4 is 28.0 Å². The van der Waals surface area contributed by atoms with Crippen molar-refractivity contribution in [3.8, 4) is 0 Å². The maximum atomic E-state index is 13.2. The second-order valence-corrected chi connectivity index (χ2v) is 8.99. The highest BCUT2D eigenvalue weighted by molar-refractivity contribution is 6.12. The van der Waals surface area contributed by atoms with Gasteiger partial charge in [0.05, 0.1) is 5.52 Å². The third-order valence-electron chi connectivity index (χ3n) is 6.59. The molecule has 0 aliphatic carbocycles. The molecule has 0 radical (unpaired) electrons. The Labute approximate surface area is 195 Å². The topological polar surface area (TPSA) is 68.3 Å². The fourth-order valence-corrected chi connectivity index (χ4v) is 4.62. The van der Waals surface area contributed by atoms with Crippen molar-refractivity contribution in [2.24, 2.45) is 0 Å². The predicted octanol–water partition coefficient (Wildman–Crippen LogP) is 5.46. The van der Waals surface area contributed by atoms with E-state index in [9.17, 15) is 9.59 Å². The SMILES string of the molecule is CCCCCCN1CC=C(c2cn(N)c3ccc(C(=O)c4cccc(C(C)=O)c4)cc23)CC1. The maximum absolute atomic E-state index is 13.2. The molecule has 2 aromatic carbocycles. The van der Waals surface area contributed by atoms with Crippen molar-refractivity contribution in [1.29, 1.82) is 0 Å². The van der Waals surface area contributed by atoms with Crippen molar-refractivity contribution in [3.63, 3.8) is 0 Å². The Morgan fingerprint density at radius 3 is 2.52 bits per heavy atom. The molecule has 0 saturated heterocycles. The van der Waals surface area contributed by atoms with E-state index in [0.717, 1.165) is 42.5 Å². The van der Waals surface area contributed by atoms with Crippen LogP contribution in [-0.4, -0.2) is 40.8 Å². The average molecular weight is 444 g/mol. The Morgan fingerprint density at radius 2 is 1.79 bits per heavy atom. The minimum absolute atomic E-state index is 0.0498. The summed E-state index contributed by atoms with van der Waals surface area (Å²) in [7, 11) is 0. The number of hydrogen-bond acceptors (Lipinski definition) is 4. The van der Waals surface area contributed by atoms with Gasteiger partial charge in [0.15, 0.2) is 11.6 Å². The van der Waals surface area contributed by atoms with Crippen LogP contribution in [0.15, 0.2) is 54.7 Å². The lowest BCUT2D eigenvalue weighted by Crippen LogP contribution is -2.29. The van der Waals surface area contributed by atoms with Crippen LogP contribution < -0.4 is 5.84 Å². The van der Waals surface area contributed by atoms with Crippen LogP contribution in [0.2, 0.25) is 0 Å². The zero-order chi connectivity index (χ0) is 23.4. The van der Waals surface area contributed by atoms with E-state index in [1.54, 1.807) is 28.9 Å². The molecule has 0 atom stereocenters. The van der Waals surface area contributed by atoms with Crippen LogP contribution in [0.4, 0.5) is 0 Å². The summed E-state index contributed by atoms with van der Waals surface area (Å²) < 4.78 is 1.65. The zero-order valence-electron chi connectivity index (χ0n) is 19.6. The van der Waals surface area contributed by atoms with Crippen molar-refractivity contribution in [3.05, 3.63) is 77.0 Å². The number of nitrogens with zero attached hydrogens (tertiary/aromatic N) is 2. The van der Waals surface area contributed by atoms with Gasteiger partial charge in [-0.15, -0.1) is 0 Å². The summed E-state index contributed by atoms with van der Waals surface area (Å²) in [5.74, 6) is 6.11. The Hall–Kier alpha value is -3.18. The van der Waals surface area contributed by atoms with E-state index in [1.165, 1.54) is 38.2 Å². The largest absolute Gasteiger partial charge is 0.339 e. The number of unbranched alkanes of at least 4 members (excludes halogenated alkanes) is 3. The number of hydrogen-bond donors (Lipinski definition) is 1. The minimum atomic E-state index is -0.0911. The second-order valence-electron chi connectivity index (χ2n) is 8.99. The van der Waals surface area contributed by atoms with Crippen LogP contribution in [0.5, 0.6) is 0 Å².